The van der Waals surface area contributed by atoms with E-state index in [2.05, 4.69) is 0 Å². The van der Waals surface area contributed by atoms with Gasteiger partial charge < -0.3 is 25.5 Å². The van der Waals surface area contributed by atoms with Gasteiger partial charge >= 0.3 is 6.09 Å². The topological polar surface area (TPSA) is 110 Å². The first kappa shape index (κ1) is 12.7. The van der Waals surface area contributed by atoms with Gasteiger partial charge in [-0.3, -0.25) is 4.79 Å². The molecule has 7 heteroatoms. The van der Waals surface area contributed by atoms with Crippen molar-refractivity contribution < 1.29 is 24.9 Å². The Hall–Kier alpha value is -1.34. The maximum absolute atomic E-state index is 11.2. The third-order valence-electron chi connectivity index (χ3n) is 1.48. The number of carbonyl (C=O) groups is 2. The van der Waals surface area contributed by atoms with Crippen LogP contribution in [-0.4, -0.2) is 65.1 Å². The van der Waals surface area contributed by atoms with Gasteiger partial charge in [0.15, 0.2) is 0 Å². The Labute approximate surface area is 80.9 Å². The summed E-state index contributed by atoms with van der Waals surface area (Å²) in [5, 5.41) is 27.3. The normalized spacial score (nSPS) is 9.57. The lowest BCUT2D eigenvalue weighted by Crippen LogP contribution is -2.42. The fourth-order valence-electron chi connectivity index (χ4n) is 0.866. The predicted octanol–water partition coefficient (Wildman–Crippen LogP) is -1.93. The average molecular weight is 206 g/mol. The van der Waals surface area contributed by atoms with Gasteiger partial charge in [0, 0.05) is 13.1 Å². The Morgan fingerprint density at radius 3 is 2.00 bits per heavy atom. The van der Waals surface area contributed by atoms with E-state index in [1.54, 1.807) is 0 Å². The molecule has 0 rings (SSSR count). The number of aliphatic hydroxyl groups excluding tert-OH is 2. The molecule has 0 fully saturated rings. The molecule has 0 heterocycles. The van der Waals surface area contributed by atoms with Crippen molar-refractivity contribution in [3.8, 4) is 0 Å². The lowest BCUT2D eigenvalue weighted by atomic mass is 10.4. The molecule has 0 aromatic heterocycles. The van der Waals surface area contributed by atoms with Crippen molar-refractivity contribution in [1.29, 1.82) is 0 Å². The van der Waals surface area contributed by atoms with Crippen LogP contribution in [0.4, 0.5) is 4.79 Å². The number of hydrogen-bond donors (Lipinski definition) is 4. The van der Waals surface area contributed by atoms with Crippen LogP contribution in [-0.2, 0) is 4.79 Å². The second-order valence-electron chi connectivity index (χ2n) is 2.49. The van der Waals surface area contributed by atoms with Crippen molar-refractivity contribution in [2.75, 3.05) is 32.8 Å². The van der Waals surface area contributed by atoms with Gasteiger partial charge in [0.25, 0.3) is 0 Å². The number of nitrogens with one attached hydrogen (secondary N) is 1. The van der Waals surface area contributed by atoms with Crippen molar-refractivity contribution in [1.82, 2.24) is 10.2 Å². The zero-order valence-corrected chi connectivity index (χ0v) is 7.64. The Kier molecular flexibility index (Phi) is 6.42. The van der Waals surface area contributed by atoms with Gasteiger partial charge in [0.05, 0.1) is 13.2 Å². The second kappa shape index (κ2) is 7.10. The average Bonchev–Trinajstić information content (AvgIpc) is 2.14. The van der Waals surface area contributed by atoms with Crippen molar-refractivity contribution in [2.24, 2.45) is 0 Å². The number of aliphatic hydroxyl groups is 2. The highest BCUT2D eigenvalue weighted by atomic mass is 16.4. The first-order valence-electron chi connectivity index (χ1n) is 4.08. The van der Waals surface area contributed by atoms with E-state index in [9.17, 15) is 9.59 Å². The van der Waals surface area contributed by atoms with Crippen LogP contribution >= 0.6 is 0 Å². The maximum Gasteiger partial charge on any atom is 0.405 e. The van der Waals surface area contributed by atoms with Gasteiger partial charge in [-0.05, 0) is 0 Å². The minimum atomic E-state index is -1.29. The number of carbonyl (C=O) groups excluding carboxylic acids is 1. The molecular weight excluding hydrogens is 192 g/mol. The van der Waals surface area contributed by atoms with Crippen LogP contribution in [0.1, 0.15) is 0 Å². The highest BCUT2D eigenvalue weighted by molar-refractivity contribution is 5.81. The lowest BCUT2D eigenvalue weighted by molar-refractivity contribution is -0.131. The van der Waals surface area contributed by atoms with E-state index >= 15 is 0 Å². The van der Waals surface area contributed by atoms with Crippen molar-refractivity contribution in [2.45, 2.75) is 0 Å². The highest BCUT2D eigenvalue weighted by Crippen LogP contribution is 1.87. The molecule has 0 saturated carbocycles. The Morgan fingerprint density at radius 2 is 1.64 bits per heavy atom. The van der Waals surface area contributed by atoms with Crippen molar-refractivity contribution in [3.05, 3.63) is 0 Å². The van der Waals surface area contributed by atoms with E-state index in [-0.39, 0.29) is 32.8 Å². The number of rotatable bonds is 6. The molecule has 0 saturated heterocycles. The molecule has 7 nitrogen and oxygen atoms in total. The highest BCUT2D eigenvalue weighted by Gasteiger charge is 2.12. The molecule has 0 aliphatic carbocycles. The Bertz CT molecular complexity index is 191. The number of hydrogen-bond acceptors (Lipinski definition) is 4. The molecule has 4 N–H and O–H groups in total. The molecule has 0 aromatic carbocycles. The summed E-state index contributed by atoms with van der Waals surface area (Å²) in [5.74, 6) is -0.476. The zero-order valence-electron chi connectivity index (χ0n) is 7.64. The summed E-state index contributed by atoms with van der Waals surface area (Å²) < 4.78 is 0. The summed E-state index contributed by atoms with van der Waals surface area (Å²) in [6.45, 7) is -0.631. The number of amides is 2. The third-order valence-corrected chi connectivity index (χ3v) is 1.48. The monoisotopic (exact) mass is 206 g/mol. The molecule has 0 aromatic rings. The SMILES string of the molecule is O=C(O)NCC(=O)N(CCO)CCO. The van der Waals surface area contributed by atoms with Crippen molar-refractivity contribution in [3.63, 3.8) is 0 Å². The fraction of sp³-hybridized carbons (Fsp3) is 0.714. The summed E-state index contributed by atoms with van der Waals surface area (Å²) in [5.41, 5.74) is 0. The van der Waals surface area contributed by atoms with E-state index in [0.717, 1.165) is 0 Å². The number of nitrogens with zero attached hydrogens (tertiary/aromatic N) is 1. The van der Waals surface area contributed by atoms with Gasteiger partial charge in [-0.2, -0.15) is 0 Å². The molecule has 0 unspecified atom stereocenters. The summed E-state index contributed by atoms with van der Waals surface area (Å²) >= 11 is 0. The molecule has 2 amide bonds. The van der Waals surface area contributed by atoms with Gasteiger partial charge in [-0.15, -0.1) is 0 Å². The van der Waals surface area contributed by atoms with Gasteiger partial charge in [0.2, 0.25) is 5.91 Å². The van der Waals surface area contributed by atoms with Crippen LogP contribution in [0.25, 0.3) is 0 Å². The van der Waals surface area contributed by atoms with Crippen LogP contribution in [0.15, 0.2) is 0 Å². The van der Waals surface area contributed by atoms with Gasteiger partial charge in [-0.25, -0.2) is 4.79 Å². The van der Waals surface area contributed by atoms with Gasteiger partial charge in [-0.1, -0.05) is 0 Å². The molecule has 0 aliphatic heterocycles. The molecule has 0 aliphatic rings. The molecule has 0 radical (unpaired) electrons. The van der Waals surface area contributed by atoms with Crippen LogP contribution < -0.4 is 5.32 Å². The summed E-state index contributed by atoms with van der Waals surface area (Å²) in [4.78, 5) is 22.4. The lowest BCUT2D eigenvalue weighted by Gasteiger charge is -2.20. The fourth-order valence-corrected chi connectivity index (χ4v) is 0.866. The maximum atomic E-state index is 11.2. The Balaban J connectivity index is 3.94. The van der Waals surface area contributed by atoms with E-state index in [0.29, 0.717) is 0 Å². The standard InChI is InChI=1S/C7H14N2O5/c10-3-1-9(2-4-11)6(12)5-8-7(13)14/h8,10-11H,1-5H2,(H,13,14). The summed E-state index contributed by atoms with van der Waals surface area (Å²) in [6.07, 6.45) is -1.29. The largest absolute Gasteiger partial charge is 0.465 e. The van der Waals surface area contributed by atoms with E-state index < -0.39 is 12.0 Å². The molecule has 0 spiro atoms. The van der Waals surface area contributed by atoms with Crippen LogP contribution in [0, 0.1) is 0 Å². The second-order valence-corrected chi connectivity index (χ2v) is 2.49. The third kappa shape index (κ3) is 5.33. The molecule has 82 valence electrons. The zero-order chi connectivity index (χ0) is 11.0. The van der Waals surface area contributed by atoms with Crippen LogP contribution in [0.2, 0.25) is 0 Å². The van der Waals surface area contributed by atoms with E-state index in [1.165, 1.54) is 4.90 Å². The first-order valence-corrected chi connectivity index (χ1v) is 4.08. The summed E-state index contributed by atoms with van der Waals surface area (Å²) in [7, 11) is 0. The minimum Gasteiger partial charge on any atom is -0.465 e. The summed E-state index contributed by atoms with van der Waals surface area (Å²) in [6, 6.07) is 0. The quantitative estimate of drug-likeness (QED) is 0.404. The van der Waals surface area contributed by atoms with Crippen LogP contribution in [0.3, 0.4) is 0 Å². The predicted molar refractivity (Wildman–Crippen MR) is 46.8 cm³/mol. The van der Waals surface area contributed by atoms with Crippen LogP contribution in [0.5, 0.6) is 0 Å². The molecule has 0 atom stereocenters. The first-order chi connectivity index (χ1) is 6.61. The smallest absolute Gasteiger partial charge is 0.405 e. The molecule has 0 bridgehead atoms. The minimum absolute atomic E-state index is 0.0840. The molecular formula is C7H14N2O5. The Morgan fingerprint density at radius 1 is 1.14 bits per heavy atom. The van der Waals surface area contributed by atoms with Crippen molar-refractivity contribution >= 4 is 12.0 Å². The van der Waals surface area contributed by atoms with Gasteiger partial charge in [0.1, 0.15) is 6.54 Å². The van der Waals surface area contributed by atoms with E-state index in [1.807, 2.05) is 5.32 Å². The van der Waals surface area contributed by atoms with E-state index in [4.69, 9.17) is 15.3 Å². The molecule has 14 heavy (non-hydrogen) atoms. The number of carboxylic acid groups (broad SMARTS) is 1.